The molecule has 0 spiro atoms. The third-order valence-electron chi connectivity index (χ3n) is 8.77. The maximum atomic E-state index is 4.70. The number of rotatable bonds is 1. The SMILES string of the molecule is c1cc2c3c(cccc3c1)-c1cccc3c1c1c-2cccc1n3-c1ccc2c3c(cccc13)-c1nccnc1-2. The number of benzene rings is 6. The summed E-state index contributed by atoms with van der Waals surface area (Å²) in [4.78, 5) is 9.41. The standard InChI is InChI=1S/C36H19N3/c1-6-20-7-2-9-22-24-11-5-15-30-34(24)33-23(21(8-1)31(20)22)10-4-14-29(33)39(30)28-17-16-27-32-25(28)12-3-13-26(32)35-36(27)38-19-18-37-35/h1-19H. The van der Waals surface area contributed by atoms with Gasteiger partial charge in [0.15, 0.2) is 0 Å². The van der Waals surface area contributed by atoms with Gasteiger partial charge in [-0.15, -0.1) is 0 Å². The number of hydrogen-bond acceptors (Lipinski definition) is 2. The Morgan fingerprint density at radius 1 is 0.410 bits per heavy atom. The summed E-state index contributed by atoms with van der Waals surface area (Å²) in [6, 6.07) is 38.0. The Hall–Kier alpha value is -5.28. The van der Waals surface area contributed by atoms with Gasteiger partial charge in [0.2, 0.25) is 0 Å². The van der Waals surface area contributed by atoms with E-state index in [2.05, 4.69) is 108 Å². The van der Waals surface area contributed by atoms with E-state index in [0.717, 1.165) is 22.5 Å². The largest absolute Gasteiger partial charge is 0.309 e. The van der Waals surface area contributed by atoms with Crippen molar-refractivity contribution in [3.05, 3.63) is 116 Å². The number of nitrogens with zero attached hydrogens (tertiary/aromatic N) is 3. The van der Waals surface area contributed by atoms with E-state index in [9.17, 15) is 0 Å². The molecule has 0 atom stereocenters. The molecule has 2 aliphatic carbocycles. The summed E-state index contributed by atoms with van der Waals surface area (Å²) in [5, 5.41) is 7.72. The second kappa shape index (κ2) is 6.77. The summed E-state index contributed by atoms with van der Waals surface area (Å²) in [6.45, 7) is 0. The Kier molecular flexibility index (Phi) is 3.44. The van der Waals surface area contributed by atoms with Crippen LogP contribution in [-0.2, 0) is 0 Å². The van der Waals surface area contributed by atoms with Crippen LogP contribution < -0.4 is 0 Å². The topological polar surface area (TPSA) is 30.7 Å². The van der Waals surface area contributed by atoms with E-state index in [1.54, 1.807) is 12.4 Å². The average molecular weight is 494 g/mol. The fourth-order valence-corrected chi connectivity index (χ4v) is 7.32. The van der Waals surface area contributed by atoms with Crippen LogP contribution in [0.25, 0.3) is 93.8 Å². The Bertz CT molecular complexity index is 2270. The van der Waals surface area contributed by atoms with E-state index in [-0.39, 0.29) is 0 Å². The van der Waals surface area contributed by atoms with Gasteiger partial charge in [-0.1, -0.05) is 78.9 Å². The molecular weight excluding hydrogens is 474 g/mol. The van der Waals surface area contributed by atoms with Crippen LogP contribution in [0.2, 0.25) is 0 Å². The van der Waals surface area contributed by atoms with Gasteiger partial charge in [0.25, 0.3) is 0 Å². The maximum Gasteiger partial charge on any atom is 0.0971 e. The van der Waals surface area contributed by atoms with Gasteiger partial charge in [0.1, 0.15) is 0 Å². The molecule has 0 saturated heterocycles. The molecule has 2 heterocycles. The molecule has 2 aromatic heterocycles. The molecule has 178 valence electrons. The molecule has 3 heteroatoms. The van der Waals surface area contributed by atoms with E-state index in [1.807, 2.05) is 0 Å². The highest BCUT2D eigenvalue weighted by molar-refractivity contribution is 6.27. The third-order valence-corrected chi connectivity index (χ3v) is 8.77. The number of hydrogen-bond donors (Lipinski definition) is 0. The lowest BCUT2D eigenvalue weighted by Gasteiger charge is -2.15. The minimum atomic E-state index is 0.973. The van der Waals surface area contributed by atoms with Gasteiger partial charge >= 0.3 is 0 Å². The van der Waals surface area contributed by atoms with E-state index in [0.29, 0.717) is 0 Å². The fraction of sp³-hybridized carbons (Fsp3) is 0. The molecule has 8 aromatic rings. The first-order valence-corrected chi connectivity index (χ1v) is 13.3. The second-order valence-electron chi connectivity index (χ2n) is 10.6. The second-order valence-corrected chi connectivity index (χ2v) is 10.6. The summed E-state index contributed by atoms with van der Waals surface area (Å²) in [5.74, 6) is 0. The van der Waals surface area contributed by atoms with Crippen LogP contribution in [0.3, 0.4) is 0 Å². The van der Waals surface area contributed by atoms with Crippen molar-refractivity contribution in [3.63, 3.8) is 0 Å². The van der Waals surface area contributed by atoms with Crippen LogP contribution in [0.1, 0.15) is 0 Å². The predicted octanol–water partition coefficient (Wildman–Crippen LogP) is 9.17. The lowest BCUT2D eigenvalue weighted by atomic mass is 9.93. The smallest absolute Gasteiger partial charge is 0.0971 e. The molecule has 0 radical (unpaired) electrons. The fourth-order valence-electron chi connectivity index (χ4n) is 7.32. The molecular formula is C36H19N3. The first-order chi connectivity index (χ1) is 19.4. The highest BCUT2D eigenvalue weighted by atomic mass is 15.0. The molecule has 39 heavy (non-hydrogen) atoms. The monoisotopic (exact) mass is 493 g/mol. The van der Waals surface area contributed by atoms with Crippen molar-refractivity contribution >= 4 is 43.4 Å². The molecule has 10 rings (SSSR count). The van der Waals surface area contributed by atoms with Crippen molar-refractivity contribution in [1.82, 2.24) is 14.5 Å². The van der Waals surface area contributed by atoms with Crippen LogP contribution in [0, 0.1) is 0 Å². The highest BCUT2D eigenvalue weighted by Gasteiger charge is 2.28. The van der Waals surface area contributed by atoms with Gasteiger partial charge < -0.3 is 4.57 Å². The quantitative estimate of drug-likeness (QED) is 0.228. The molecule has 0 unspecified atom stereocenters. The zero-order valence-corrected chi connectivity index (χ0v) is 20.8. The van der Waals surface area contributed by atoms with Crippen LogP contribution in [-0.4, -0.2) is 14.5 Å². The Labute approximate surface area is 223 Å². The molecule has 2 aliphatic rings. The van der Waals surface area contributed by atoms with Crippen LogP contribution in [0.4, 0.5) is 0 Å². The number of fused-ring (bicyclic) bond motifs is 5. The summed E-state index contributed by atoms with van der Waals surface area (Å²) in [7, 11) is 0. The van der Waals surface area contributed by atoms with E-state index in [1.165, 1.54) is 71.3 Å². The minimum Gasteiger partial charge on any atom is -0.309 e. The maximum absolute atomic E-state index is 4.70. The highest BCUT2D eigenvalue weighted by Crippen LogP contribution is 2.51. The summed E-state index contributed by atoms with van der Waals surface area (Å²) in [5.41, 5.74) is 13.1. The number of aromatic nitrogens is 3. The Balaban J connectivity index is 1.40. The Morgan fingerprint density at radius 3 is 1.56 bits per heavy atom. The lowest BCUT2D eigenvalue weighted by molar-refractivity contribution is 1.20. The van der Waals surface area contributed by atoms with Crippen LogP contribution >= 0.6 is 0 Å². The van der Waals surface area contributed by atoms with Crippen molar-refractivity contribution < 1.29 is 0 Å². The third kappa shape index (κ3) is 2.27. The first kappa shape index (κ1) is 19.8. The zero-order valence-electron chi connectivity index (χ0n) is 20.8. The Morgan fingerprint density at radius 2 is 0.923 bits per heavy atom. The molecule has 0 amide bonds. The van der Waals surface area contributed by atoms with E-state index < -0.39 is 0 Å². The van der Waals surface area contributed by atoms with Gasteiger partial charge in [0, 0.05) is 45.1 Å². The van der Waals surface area contributed by atoms with Crippen molar-refractivity contribution in [2.75, 3.05) is 0 Å². The molecule has 6 aromatic carbocycles. The average Bonchev–Trinajstić information content (AvgIpc) is 3.47. The normalized spacial score (nSPS) is 12.6. The van der Waals surface area contributed by atoms with Crippen molar-refractivity contribution in [1.29, 1.82) is 0 Å². The molecule has 0 saturated carbocycles. The summed E-state index contributed by atoms with van der Waals surface area (Å²) >= 11 is 0. The zero-order chi connectivity index (χ0) is 25.2. The van der Waals surface area contributed by atoms with Gasteiger partial charge in [-0.2, -0.15) is 0 Å². The molecule has 0 fully saturated rings. The van der Waals surface area contributed by atoms with Gasteiger partial charge in [-0.25, -0.2) is 0 Å². The summed E-state index contributed by atoms with van der Waals surface area (Å²) in [6.07, 6.45) is 3.58. The van der Waals surface area contributed by atoms with Crippen molar-refractivity contribution in [2.45, 2.75) is 0 Å². The predicted molar refractivity (Wildman–Crippen MR) is 160 cm³/mol. The van der Waals surface area contributed by atoms with Crippen molar-refractivity contribution in [3.8, 4) is 50.5 Å². The van der Waals surface area contributed by atoms with E-state index >= 15 is 0 Å². The van der Waals surface area contributed by atoms with Gasteiger partial charge in [0.05, 0.1) is 28.1 Å². The van der Waals surface area contributed by atoms with Crippen molar-refractivity contribution in [2.24, 2.45) is 0 Å². The lowest BCUT2D eigenvalue weighted by Crippen LogP contribution is -1.96. The molecule has 0 aliphatic heterocycles. The van der Waals surface area contributed by atoms with Gasteiger partial charge in [-0.3, -0.25) is 9.97 Å². The van der Waals surface area contributed by atoms with Crippen LogP contribution in [0.15, 0.2) is 116 Å². The van der Waals surface area contributed by atoms with Crippen LogP contribution in [0.5, 0.6) is 0 Å². The summed E-state index contributed by atoms with van der Waals surface area (Å²) < 4.78 is 2.47. The van der Waals surface area contributed by atoms with Gasteiger partial charge in [-0.05, 0) is 57.3 Å². The molecule has 3 nitrogen and oxygen atoms in total. The molecule has 0 N–H and O–H groups in total. The molecule has 0 bridgehead atoms. The first-order valence-electron chi connectivity index (χ1n) is 13.3. The van der Waals surface area contributed by atoms with E-state index in [4.69, 9.17) is 9.97 Å². The minimum absolute atomic E-state index is 0.973.